The molecular weight excluding hydrogens is 428 g/mol. The number of benzene rings is 1. The predicted octanol–water partition coefficient (Wildman–Crippen LogP) is 8.28. The second kappa shape index (κ2) is 18.3. The van der Waals surface area contributed by atoms with Gasteiger partial charge in [0.2, 0.25) is 0 Å². The standard InChI is InChI=1S/C29H48O5/c1-6-7-8-9-10-11-12-21-32-25-19-20-26(33-28(30)17-13-15-23(2)3)27(22-25)34-29(31)18-14-16-24(4)5/h19-20,22-24H,6-18,21H2,1-5H3. The van der Waals surface area contributed by atoms with Gasteiger partial charge in [0.05, 0.1) is 6.61 Å². The van der Waals surface area contributed by atoms with Gasteiger partial charge in [-0.1, -0.05) is 86.0 Å². The monoisotopic (exact) mass is 476 g/mol. The molecule has 1 aromatic rings. The molecule has 5 nitrogen and oxygen atoms in total. The minimum absolute atomic E-state index is 0.254. The van der Waals surface area contributed by atoms with E-state index in [1.165, 1.54) is 32.1 Å². The lowest BCUT2D eigenvalue weighted by molar-refractivity contribution is -0.137. The number of esters is 2. The Labute approximate surface area is 207 Å². The molecule has 5 heteroatoms. The molecule has 0 spiro atoms. The molecule has 0 aliphatic carbocycles. The first-order chi connectivity index (χ1) is 16.3. The average Bonchev–Trinajstić information content (AvgIpc) is 2.76. The van der Waals surface area contributed by atoms with Crippen molar-refractivity contribution in [3.63, 3.8) is 0 Å². The van der Waals surface area contributed by atoms with Gasteiger partial charge >= 0.3 is 11.9 Å². The van der Waals surface area contributed by atoms with Gasteiger partial charge in [0, 0.05) is 18.9 Å². The van der Waals surface area contributed by atoms with E-state index in [9.17, 15) is 9.59 Å². The number of hydrogen-bond donors (Lipinski definition) is 0. The molecule has 0 heterocycles. The molecule has 0 unspecified atom stereocenters. The van der Waals surface area contributed by atoms with Crippen molar-refractivity contribution in [2.75, 3.05) is 6.61 Å². The minimum atomic E-state index is -0.318. The summed E-state index contributed by atoms with van der Waals surface area (Å²) in [6.07, 6.45) is 12.7. The van der Waals surface area contributed by atoms with Gasteiger partial charge in [-0.05, 0) is 43.2 Å². The van der Waals surface area contributed by atoms with E-state index in [-0.39, 0.29) is 23.4 Å². The van der Waals surface area contributed by atoms with Crippen LogP contribution in [0.2, 0.25) is 0 Å². The smallest absolute Gasteiger partial charge is 0.311 e. The lowest BCUT2D eigenvalue weighted by Gasteiger charge is -2.13. The van der Waals surface area contributed by atoms with Crippen molar-refractivity contribution in [1.82, 2.24) is 0 Å². The summed E-state index contributed by atoms with van der Waals surface area (Å²) in [5.74, 6) is 1.60. The molecule has 0 aromatic heterocycles. The maximum Gasteiger partial charge on any atom is 0.311 e. The normalized spacial score (nSPS) is 11.1. The van der Waals surface area contributed by atoms with Gasteiger partial charge in [-0.3, -0.25) is 9.59 Å². The fourth-order valence-corrected chi connectivity index (χ4v) is 3.65. The Morgan fingerprint density at radius 2 is 1.24 bits per heavy atom. The molecule has 194 valence electrons. The summed E-state index contributed by atoms with van der Waals surface area (Å²) < 4.78 is 17.0. The highest BCUT2D eigenvalue weighted by atomic mass is 16.6. The van der Waals surface area contributed by atoms with Gasteiger partial charge in [-0.15, -0.1) is 0 Å². The molecule has 0 N–H and O–H groups in total. The molecule has 1 aromatic carbocycles. The van der Waals surface area contributed by atoms with Crippen LogP contribution >= 0.6 is 0 Å². The van der Waals surface area contributed by atoms with Crippen LogP contribution in [0.1, 0.15) is 118 Å². The van der Waals surface area contributed by atoms with E-state index >= 15 is 0 Å². The van der Waals surface area contributed by atoms with E-state index < -0.39 is 0 Å². The average molecular weight is 477 g/mol. The first-order valence-corrected chi connectivity index (χ1v) is 13.5. The number of carbonyl (C=O) groups is 2. The molecule has 0 bridgehead atoms. The number of hydrogen-bond acceptors (Lipinski definition) is 5. The molecule has 0 saturated carbocycles. The highest BCUT2D eigenvalue weighted by Crippen LogP contribution is 2.33. The van der Waals surface area contributed by atoms with E-state index in [1.54, 1.807) is 18.2 Å². The molecule has 0 aliphatic heterocycles. The summed E-state index contributed by atoms with van der Waals surface area (Å²) >= 11 is 0. The maximum absolute atomic E-state index is 12.4. The summed E-state index contributed by atoms with van der Waals surface area (Å²) in [7, 11) is 0. The highest BCUT2D eigenvalue weighted by Gasteiger charge is 2.16. The van der Waals surface area contributed by atoms with Gasteiger partial charge in [0.1, 0.15) is 5.75 Å². The quantitative estimate of drug-likeness (QED) is 0.114. The van der Waals surface area contributed by atoms with Crippen LogP contribution in [-0.4, -0.2) is 18.5 Å². The lowest BCUT2D eigenvalue weighted by Crippen LogP contribution is -2.12. The zero-order chi connectivity index (χ0) is 25.2. The van der Waals surface area contributed by atoms with Crippen LogP contribution in [0.5, 0.6) is 17.2 Å². The largest absolute Gasteiger partial charge is 0.493 e. The summed E-state index contributed by atoms with van der Waals surface area (Å²) in [4.78, 5) is 24.7. The molecule has 0 radical (unpaired) electrons. The molecule has 0 saturated heterocycles. The first kappa shape index (κ1) is 30.0. The summed E-state index contributed by atoms with van der Waals surface area (Å²) in [6.45, 7) is 11.4. The van der Waals surface area contributed by atoms with Crippen molar-refractivity contribution in [2.24, 2.45) is 11.8 Å². The minimum Gasteiger partial charge on any atom is -0.493 e. The maximum atomic E-state index is 12.4. The van der Waals surface area contributed by atoms with Crippen LogP contribution in [0, 0.1) is 11.8 Å². The summed E-state index contributed by atoms with van der Waals surface area (Å²) in [5, 5.41) is 0. The van der Waals surface area contributed by atoms with Crippen molar-refractivity contribution < 1.29 is 23.8 Å². The third-order valence-corrected chi connectivity index (χ3v) is 5.70. The SMILES string of the molecule is CCCCCCCCCOc1ccc(OC(=O)CCCC(C)C)c(OC(=O)CCCC(C)C)c1. The van der Waals surface area contributed by atoms with Gasteiger partial charge in [0.25, 0.3) is 0 Å². The molecule has 0 amide bonds. The topological polar surface area (TPSA) is 61.8 Å². The van der Waals surface area contributed by atoms with Crippen LogP contribution in [0.3, 0.4) is 0 Å². The molecule has 0 fully saturated rings. The second-order valence-electron chi connectivity index (χ2n) is 10.1. The Morgan fingerprint density at radius 3 is 1.79 bits per heavy atom. The number of ether oxygens (including phenoxy) is 3. The van der Waals surface area contributed by atoms with E-state index in [2.05, 4.69) is 34.6 Å². The van der Waals surface area contributed by atoms with Crippen molar-refractivity contribution in [2.45, 2.75) is 118 Å². The molecule has 1 rings (SSSR count). The van der Waals surface area contributed by atoms with Gasteiger partial charge in [-0.25, -0.2) is 0 Å². The number of rotatable bonds is 19. The van der Waals surface area contributed by atoms with Gasteiger partial charge < -0.3 is 14.2 Å². The second-order valence-corrected chi connectivity index (χ2v) is 10.1. The van der Waals surface area contributed by atoms with Crippen LogP contribution in [0.4, 0.5) is 0 Å². The van der Waals surface area contributed by atoms with Crippen LogP contribution in [-0.2, 0) is 9.59 Å². The number of carbonyl (C=O) groups excluding carboxylic acids is 2. The predicted molar refractivity (Wildman–Crippen MR) is 139 cm³/mol. The van der Waals surface area contributed by atoms with Crippen LogP contribution in [0.25, 0.3) is 0 Å². The Hall–Kier alpha value is -2.04. The third-order valence-electron chi connectivity index (χ3n) is 5.70. The van der Waals surface area contributed by atoms with E-state index in [1.807, 2.05) is 0 Å². The Bertz CT molecular complexity index is 696. The summed E-state index contributed by atoms with van der Waals surface area (Å²) in [5.41, 5.74) is 0. The molecular formula is C29H48O5. The van der Waals surface area contributed by atoms with Crippen molar-refractivity contribution >= 4 is 11.9 Å². The highest BCUT2D eigenvalue weighted by molar-refractivity contribution is 5.76. The zero-order valence-electron chi connectivity index (χ0n) is 22.3. The van der Waals surface area contributed by atoms with Crippen molar-refractivity contribution in [1.29, 1.82) is 0 Å². The Kier molecular flexibility index (Phi) is 16.1. The fourth-order valence-electron chi connectivity index (χ4n) is 3.65. The van der Waals surface area contributed by atoms with E-state index in [0.29, 0.717) is 37.0 Å². The molecule has 0 atom stereocenters. The van der Waals surface area contributed by atoms with E-state index in [0.717, 1.165) is 38.5 Å². The fraction of sp³-hybridized carbons (Fsp3) is 0.724. The van der Waals surface area contributed by atoms with Crippen molar-refractivity contribution in [3.05, 3.63) is 18.2 Å². The lowest BCUT2D eigenvalue weighted by atomic mass is 10.1. The Morgan fingerprint density at radius 1 is 0.706 bits per heavy atom. The zero-order valence-corrected chi connectivity index (χ0v) is 22.3. The van der Waals surface area contributed by atoms with Crippen LogP contribution in [0.15, 0.2) is 18.2 Å². The van der Waals surface area contributed by atoms with Gasteiger partial charge in [0.15, 0.2) is 11.5 Å². The van der Waals surface area contributed by atoms with Crippen LogP contribution < -0.4 is 14.2 Å². The molecule has 0 aliphatic rings. The van der Waals surface area contributed by atoms with Crippen molar-refractivity contribution in [3.8, 4) is 17.2 Å². The number of unbranched alkanes of at least 4 members (excludes halogenated alkanes) is 6. The summed E-state index contributed by atoms with van der Waals surface area (Å²) in [6, 6.07) is 5.10. The third kappa shape index (κ3) is 15.0. The van der Waals surface area contributed by atoms with E-state index in [4.69, 9.17) is 14.2 Å². The van der Waals surface area contributed by atoms with Gasteiger partial charge in [-0.2, -0.15) is 0 Å². The Balaban J connectivity index is 2.66. The molecule has 34 heavy (non-hydrogen) atoms. The first-order valence-electron chi connectivity index (χ1n) is 13.5.